The molecule has 2 aromatic rings. The summed E-state index contributed by atoms with van der Waals surface area (Å²) in [5, 5.41) is 23.5. The van der Waals surface area contributed by atoms with E-state index < -0.39 is 41.8 Å². The van der Waals surface area contributed by atoms with Gasteiger partial charge in [0, 0.05) is 4.91 Å². The van der Waals surface area contributed by atoms with Crippen LogP contribution in [-0.4, -0.2) is 59.8 Å². The van der Waals surface area contributed by atoms with Gasteiger partial charge in [-0.3, -0.25) is 14.3 Å². The summed E-state index contributed by atoms with van der Waals surface area (Å²) in [5.41, 5.74) is 9.17. The summed E-state index contributed by atoms with van der Waals surface area (Å²) < 4.78 is 21.3. The number of rotatable bonds is 3. The zero-order valence-electron chi connectivity index (χ0n) is 11.9. The van der Waals surface area contributed by atoms with Gasteiger partial charge in [0.2, 0.25) is 5.95 Å². The first-order valence-electron chi connectivity index (χ1n) is 6.82. The monoisotopic (exact) mass is 338 g/mol. The molecule has 2 aliphatic rings. The number of aromatic nitrogens is 4. The molecule has 0 spiro atoms. The van der Waals surface area contributed by atoms with Crippen LogP contribution in [0.1, 0.15) is 6.23 Å². The standard InChI is InChI=1S/C11H11FN8O4/c12-4-7(24-10(1-16-19-14)8(22)11(4,10)23)20-2-15-3-5(20)17-9(13)18-6(3)21/h2,4,7-8,22-23H,1H2,(H3,13,17,18,21)/t4-,7+,8?,10+,11+/m0/s1. The van der Waals surface area contributed by atoms with Crippen molar-refractivity contribution in [3.05, 3.63) is 27.1 Å². The molecule has 12 nitrogen and oxygen atoms in total. The number of halogens is 1. The van der Waals surface area contributed by atoms with Crippen molar-refractivity contribution >= 4 is 17.1 Å². The highest BCUT2D eigenvalue weighted by Crippen LogP contribution is 2.63. The SMILES string of the molecule is [N-]=[N+]=NC[C@]12O[C@@H](n3cnc4c(=O)[nH]c(N)nc43)[C@H](F)[C@@]1(O)C2O. The van der Waals surface area contributed by atoms with E-state index in [2.05, 4.69) is 25.0 Å². The molecular formula is C11H11FN8O4. The summed E-state index contributed by atoms with van der Waals surface area (Å²) in [7, 11) is 0. The van der Waals surface area contributed by atoms with Gasteiger partial charge >= 0.3 is 0 Å². The Bertz CT molecular complexity index is 953. The Labute approximate surface area is 131 Å². The number of hydrogen-bond donors (Lipinski definition) is 4. The number of nitrogens with two attached hydrogens (primary N) is 1. The number of hydrogen-bond acceptors (Lipinski definition) is 8. The average molecular weight is 338 g/mol. The molecule has 0 amide bonds. The second-order valence-electron chi connectivity index (χ2n) is 5.69. The maximum Gasteiger partial charge on any atom is 0.280 e. The minimum absolute atomic E-state index is 0.0396. The molecule has 3 heterocycles. The molecule has 13 heteroatoms. The van der Waals surface area contributed by atoms with Crippen LogP contribution in [0.2, 0.25) is 0 Å². The van der Waals surface area contributed by atoms with Gasteiger partial charge in [0.15, 0.2) is 29.2 Å². The first kappa shape index (κ1) is 14.8. The van der Waals surface area contributed by atoms with Crippen molar-refractivity contribution in [2.75, 3.05) is 12.3 Å². The lowest BCUT2D eigenvalue weighted by Gasteiger charge is -2.21. The van der Waals surface area contributed by atoms with E-state index in [1.54, 1.807) is 0 Å². The quantitative estimate of drug-likeness (QED) is 0.304. The van der Waals surface area contributed by atoms with E-state index in [0.717, 1.165) is 10.9 Å². The van der Waals surface area contributed by atoms with Crippen molar-refractivity contribution in [1.82, 2.24) is 19.5 Å². The Morgan fingerprint density at radius 1 is 1.67 bits per heavy atom. The van der Waals surface area contributed by atoms with Gasteiger partial charge in [-0.1, -0.05) is 5.11 Å². The van der Waals surface area contributed by atoms with Crippen LogP contribution in [0.15, 0.2) is 16.2 Å². The lowest BCUT2D eigenvalue weighted by Crippen LogP contribution is -2.33. The summed E-state index contributed by atoms with van der Waals surface area (Å²) in [5.74, 6) is -0.199. The van der Waals surface area contributed by atoms with Crippen molar-refractivity contribution in [2.24, 2.45) is 5.11 Å². The van der Waals surface area contributed by atoms with E-state index in [4.69, 9.17) is 16.0 Å². The molecule has 0 aromatic carbocycles. The highest BCUT2D eigenvalue weighted by molar-refractivity contribution is 5.70. The fourth-order valence-corrected chi connectivity index (χ4v) is 3.24. The number of alkyl halides is 1. The fourth-order valence-electron chi connectivity index (χ4n) is 3.24. The normalized spacial score (nSPS) is 37.2. The summed E-state index contributed by atoms with van der Waals surface area (Å²) in [4.78, 5) is 24.3. The molecule has 4 rings (SSSR count). The topological polar surface area (TPSA) is 188 Å². The van der Waals surface area contributed by atoms with Gasteiger partial charge in [0.1, 0.15) is 11.7 Å². The van der Waals surface area contributed by atoms with Crippen LogP contribution in [0.5, 0.6) is 0 Å². The number of ether oxygens (including phenoxy) is 1. The molecule has 1 saturated heterocycles. The number of H-pyrrole nitrogens is 1. The molecular weight excluding hydrogens is 327 g/mol. The predicted molar refractivity (Wildman–Crippen MR) is 75.3 cm³/mol. The molecule has 2 fully saturated rings. The number of anilines is 1. The summed E-state index contributed by atoms with van der Waals surface area (Å²) in [6.45, 7) is -0.457. The predicted octanol–water partition coefficient (Wildman–Crippen LogP) is -1.28. The van der Waals surface area contributed by atoms with Crippen molar-refractivity contribution in [1.29, 1.82) is 0 Å². The van der Waals surface area contributed by atoms with Crippen LogP contribution in [0, 0.1) is 0 Å². The van der Waals surface area contributed by atoms with Crippen LogP contribution in [0.3, 0.4) is 0 Å². The smallest absolute Gasteiger partial charge is 0.280 e. The van der Waals surface area contributed by atoms with E-state index >= 15 is 0 Å². The number of fused-ring (bicyclic) bond motifs is 2. The molecule has 2 aromatic heterocycles. The summed E-state index contributed by atoms with van der Waals surface area (Å²) in [6, 6.07) is 0. The van der Waals surface area contributed by atoms with Crippen molar-refractivity contribution in [2.45, 2.75) is 29.7 Å². The maximum atomic E-state index is 14.8. The molecule has 126 valence electrons. The number of aromatic amines is 1. The van der Waals surface area contributed by atoms with Crippen LogP contribution in [-0.2, 0) is 4.74 Å². The van der Waals surface area contributed by atoms with Crippen LogP contribution in [0.4, 0.5) is 10.3 Å². The summed E-state index contributed by atoms with van der Waals surface area (Å²) in [6.07, 6.45) is -3.92. The molecule has 0 bridgehead atoms. The Hall–Kier alpha value is -2.73. The number of nitrogen functional groups attached to an aromatic ring is 1. The minimum atomic E-state index is -2.23. The first-order chi connectivity index (χ1) is 11.4. The van der Waals surface area contributed by atoms with E-state index in [9.17, 15) is 19.4 Å². The Kier molecular flexibility index (Phi) is 2.73. The molecule has 1 aliphatic carbocycles. The van der Waals surface area contributed by atoms with Gasteiger partial charge < -0.3 is 20.7 Å². The van der Waals surface area contributed by atoms with Crippen LogP contribution >= 0.6 is 0 Å². The lowest BCUT2D eigenvalue weighted by molar-refractivity contribution is -0.0867. The van der Waals surface area contributed by atoms with E-state index in [1.807, 2.05) is 0 Å². The molecule has 0 radical (unpaired) electrons. The van der Waals surface area contributed by atoms with Crippen molar-refractivity contribution in [3.63, 3.8) is 0 Å². The Morgan fingerprint density at radius 3 is 3.12 bits per heavy atom. The second-order valence-corrected chi connectivity index (χ2v) is 5.69. The van der Waals surface area contributed by atoms with Gasteiger partial charge in [-0.25, -0.2) is 9.37 Å². The number of azide groups is 1. The third-order valence-electron chi connectivity index (χ3n) is 4.55. The lowest BCUT2D eigenvalue weighted by atomic mass is 10.1. The zero-order chi connectivity index (χ0) is 17.3. The molecule has 1 unspecified atom stereocenters. The highest BCUT2D eigenvalue weighted by atomic mass is 19.1. The Morgan fingerprint density at radius 2 is 2.42 bits per heavy atom. The molecule has 1 saturated carbocycles. The third kappa shape index (κ3) is 1.51. The van der Waals surface area contributed by atoms with Gasteiger partial charge in [-0.2, -0.15) is 4.98 Å². The van der Waals surface area contributed by atoms with E-state index in [0.29, 0.717) is 0 Å². The van der Waals surface area contributed by atoms with Crippen LogP contribution in [0.25, 0.3) is 21.6 Å². The highest BCUT2D eigenvalue weighted by Gasteiger charge is 2.87. The van der Waals surface area contributed by atoms with E-state index in [1.165, 1.54) is 0 Å². The summed E-state index contributed by atoms with van der Waals surface area (Å²) >= 11 is 0. The average Bonchev–Trinajstić information content (AvgIpc) is 2.85. The number of imidazole rings is 1. The third-order valence-corrected chi connectivity index (χ3v) is 4.55. The zero-order valence-corrected chi connectivity index (χ0v) is 11.9. The van der Waals surface area contributed by atoms with Crippen molar-refractivity contribution in [3.8, 4) is 0 Å². The number of nitrogens with zero attached hydrogens (tertiary/aromatic N) is 6. The number of nitrogens with one attached hydrogen (secondary N) is 1. The molecule has 1 aliphatic heterocycles. The van der Waals surface area contributed by atoms with Crippen LogP contribution < -0.4 is 11.3 Å². The second kappa shape index (κ2) is 4.42. The molecule has 5 atom stereocenters. The van der Waals surface area contributed by atoms with Gasteiger partial charge in [0.25, 0.3) is 5.56 Å². The molecule has 24 heavy (non-hydrogen) atoms. The number of aliphatic hydroxyl groups excluding tert-OH is 1. The Balaban J connectivity index is 1.80. The van der Waals surface area contributed by atoms with Gasteiger partial charge in [0.05, 0.1) is 12.9 Å². The van der Waals surface area contributed by atoms with Gasteiger partial charge in [-0.05, 0) is 5.53 Å². The maximum absolute atomic E-state index is 14.8. The number of aliphatic hydroxyl groups is 2. The van der Waals surface area contributed by atoms with Gasteiger partial charge in [-0.15, -0.1) is 0 Å². The largest absolute Gasteiger partial charge is 0.387 e. The first-order valence-corrected chi connectivity index (χ1v) is 6.82. The minimum Gasteiger partial charge on any atom is -0.387 e. The fraction of sp³-hybridized carbons (Fsp3) is 0.545. The molecule has 5 N–H and O–H groups in total. The van der Waals surface area contributed by atoms with Crippen molar-refractivity contribution < 1.29 is 19.3 Å². The van der Waals surface area contributed by atoms with E-state index in [-0.39, 0.29) is 17.1 Å².